The van der Waals surface area contributed by atoms with Crippen LogP contribution in [0.5, 0.6) is 0 Å². The second-order valence-corrected chi connectivity index (χ2v) is 4.69. The van der Waals surface area contributed by atoms with E-state index in [4.69, 9.17) is 0 Å². The standard InChI is InChI=1S/C14H15F3N2O/c1-2-13(20)18-11-7-8-19(9-11)12-5-3-10(4-6-12)14(15,16)17/h2-6,11H,1,7-9H2,(H,18,20). The van der Waals surface area contributed by atoms with Crippen LogP contribution in [0.3, 0.4) is 0 Å². The van der Waals surface area contributed by atoms with Crippen molar-refractivity contribution in [1.82, 2.24) is 5.32 Å². The van der Waals surface area contributed by atoms with Gasteiger partial charge in [0.05, 0.1) is 5.56 Å². The van der Waals surface area contributed by atoms with Gasteiger partial charge in [0.15, 0.2) is 0 Å². The molecule has 20 heavy (non-hydrogen) atoms. The zero-order valence-corrected chi connectivity index (χ0v) is 10.8. The molecule has 1 aromatic rings. The molecule has 0 aromatic heterocycles. The SMILES string of the molecule is C=CC(=O)NC1CCN(c2ccc(C(F)(F)F)cc2)C1. The molecule has 1 heterocycles. The van der Waals surface area contributed by atoms with Crippen molar-refractivity contribution < 1.29 is 18.0 Å². The molecule has 1 atom stereocenters. The minimum absolute atomic E-state index is 0.00259. The van der Waals surface area contributed by atoms with Gasteiger partial charge in [-0.05, 0) is 36.8 Å². The molecule has 0 spiro atoms. The van der Waals surface area contributed by atoms with Crippen molar-refractivity contribution in [3.05, 3.63) is 42.5 Å². The number of rotatable bonds is 3. The van der Waals surface area contributed by atoms with Gasteiger partial charge in [-0.2, -0.15) is 13.2 Å². The topological polar surface area (TPSA) is 32.3 Å². The van der Waals surface area contributed by atoms with E-state index in [2.05, 4.69) is 11.9 Å². The summed E-state index contributed by atoms with van der Waals surface area (Å²) in [6.07, 6.45) is -2.34. The zero-order valence-electron chi connectivity index (χ0n) is 10.8. The monoisotopic (exact) mass is 284 g/mol. The number of hydrogen-bond acceptors (Lipinski definition) is 2. The summed E-state index contributed by atoms with van der Waals surface area (Å²) in [6, 6.07) is 5.07. The van der Waals surface area contributed by atoms with Crippen LogP contribution in [-0.4, -0.2) is 25.0 Å². The molecule has 1 N–H and O–H groups in total. The molecule has 0 aliphatic carbocycles. The summed E-state index contributed by atoms with van der Waals surface area (Å²) in [7, 11) is 0. The van der Waals surface area contributed by atoms with Crippen LogP contribution in [0.4, 0.5) is 18.9 Å². The molecule has 6 heteroatoms. The maximum Gasteiger partial charge on any atom is 0.416 e. The quantitative estimate of drug-likeness (QED) is 0.865. The zero-order chi connectivity index (χ0) is 14.8. The van der Waals surface area contributed by atoms with E-state index in [0.717, 1.165) is 24.2 Å². The Morgan fingerprint density at radius 1 is 1.35 bits per heavy atom. The number of anilines is 1. The molecular weight excluding hydrogens is 269 g/mol. The lowest BCUT2D eigenvalue weighted by atomic mass is 10.2. The highest BCUT2D eigenvalue weighted by Gasteiger charge is 2.30. The number of hydrogen-bond donors (Lipinski definition) is 1. The minimum Gasteiger partial charge on any atom is -0.369 e. The molecule has 1 aliphatic rings. The molecule has 1 aliphatic heterocycles. The highest BCUT2D eigenvalue weighted by atomic mass is 19.4. The van der Waals surface area contributed by atoms with Gasteiger partial charge in [0.25, 0.3) is 0 Å². The fourth-order valence-electron chi connectivity index (χ4n) is 2.23. The van der Waals surface area contributed by atoms with E-state index in [0.29, 0.717) is 13.1 Å². The summed E-state index contributed by atoms with van der Waals surface area (Å²) in [4.78, 5) is 13.1. The van der Waals surface area contributed by atoms with E-state index in [9.17, 15) is 18.0 Å². The van der Waals surface area contributed by atoms with Gasteiger partial charge < -0.3 is 10.2 Å². The number of amides is 1. The number of nitrogens with zero attached hydrogens (tertiary/aromatic N) is 1. The lowest BCUT2D eigenvalue weighted by molar-refractivity contribution is -0.137. The molecule has 0 saturated carbocycles. The summed E-state index contributed by atoms with van der Waals surface area (Å²) in [6.45, 7) is 4.67. The molecule has 108 valence electrons. The van der Waals surface area contributed by atoms with E-state index in [-0.39, 0.29) is 11.9 Å². The maximum atomic E-state index is 12.5. The van der Waals surface area contributed by atoms with Gasteiger partial charge >= 0.3 is 6.18 Å². The Hall–Kier alpha value is -1.98. The lowest BCUT2D eigenvalue weighted by Crippen LogP contribution is -2.36. The minimum atomic E-state index is -4.32. The molecule has 1 fully saturated rings. The van der Waals surface area contributed by atoms with Gasteiger partial charge in [0.2, 0.25) is 5.91 Å². The highest BCUT2D eigenvalue weighted by Crippen LogP contribution is 2.31. The second kappa shape index (κ2) is 5.56. The van der Waals surface area contributed by atoms with Crippen molar-refractivity contribution in [2.45, 2.75) is 18.6 Å². The van der Waals surface area contributed by atoms with Crippen LogP contribution in [0.1, 0.15) is 12.0 Å². The van der Waals surface area contributed by atoms with Gasteiger partial charge in [-0.3, -0.25) is 4.79 Å². The molecule has 1 saturated heterocycles. The number of carbonyl (C=O) groups is 1. The third-order valence-electron chi connectivity index (χ3n) is 3.28. The molecular formula is C14H15F3N2O. The molecule has 0 radical (unpaired) electrons. The molecule has 1 aromatic carbocycles. The molecule has 1 unspecified atom stereocenters. The Morgan fingerprint density at radius 2 is 2.00 bits per heavy atom. The summed E-state index contributed by atoms with van der Waals surface area (Å²) >= 11 is 0. The Morgan fingerprint density at radius 3 is 2.55 bits per heavy atom. The van der Waals surface area contributed by atoms with Crippen molar-refractivity contribution in [2.24, 2.45) is 0 Å². The third-order valence-corrected chi connectivity index (χ3v) is 3.28. The number of alkyl halides is 3. The molecule has 1 amide bonds. The number of halogens is 3. The molecule has 0 bridgehead atoms. The van der Waals surface area contributed by atoms with Gasteiger partial charge in [0.1, 0.15) is 0 Å². The van der Waals surface area contributed by atoms with E-state index < -0.39 is 11.7 Å². The van der Waals surface area contributed by atoms with Gasteiger partial charge in [0, 0.05) is 24.8 Å². The Labute approximate surface area is 115 Å². The number of benzene rings is 1. The van der Waals surface area contributed by atoms with E-state index in [1.54, 1.807) is 0 Å². The van der Waals surface area contributed by atoms with Gasteiger partial charge in [-0.1, -0.05) is 6.58 Å². The first-order chi connectivity index (χ1) is 9.40. The van der Waals surface area contributed by atoms with Crippen LogP contribution >= 0.6 is 0 Å². The summed E-state index contributed by atoms with van der Waals surface area (Å²) in [5.41, 5.74) is 0.0744. The second-order valence-electron chi connectivity index (χ2n) is 4.69. The summed E-state index contributed by atoms with van der Waals surface area (Å²) in [5, 5.41) is 2.79. The van der Waals surface area contributed by atoms with Crippen molar-refractivity contribution >= 4 is 11.6 Å². The van der Waals surface area contributed by atoms with Crippen LogP contribution in [0.25, 0.3) is 0 Å². The third kappa shape index (κ3) is 3.31. The van der Waals surface area contributed by atoms with Crippen molar-refractivity contribution in [2.75, 3.05) is 18.0 Å². The fourth-order valence-corrected chi connectivity index (χ4v) is 2.23. The number of carbonyl (C=O) groups excluding carboxylic acids is 1. The van der Waals surface area contributed by atoms with E-state index in [1.807, 2.05) is 4.90 Å². The van der Waals surface area contributed by atoms with Crippen LogP contribution in [0, 0.1) is 0 Å². The Balaban J connectivity index is 2.00. The predicted molar refractivity (Wildman–Crippen MR) is 70.4 cm³/mol. The first kappa shape index (κ1) is 14.4. The van der Waals surface area contributed by atoms with E-state index >= 15 is 0 Å². The average molecular weight is 284 g/mol. The van der Waals surface area contributed by atoms with E-state index in [1.165, 1.54) is 18.2 Å². The largest absolute Gasteiger partial charge is 0.416 e. The van der Waals surface area contributed by atoms with Crippen molar-refractivity contribution in [1.29, 1.82) is 0 Å². The average Bonchev–Trinajstić information content (AvgIpc) is 2.86. The first-order valence-corrected chi connectivity index (χ1v) is 6.25. The van der Waals surface area contributed by atoms with Gasteiger partial charge in [-0.25, -0.2) is 0 Å². The number of nitrogens with one attached hydrogen (secondary N) is 1. The first-order valence-electron chi connectivity index (χ1n) is 6.25. The summed E-state index contributed by atoms with van der Waals surface area (Å²) in [5.74, 6) is -0.232. The van der Waals surface area contributed by atoms with Crippen LogP contribution in [0.2, 0.25) is 0 Å². The summed E-state index contributed by atoms with van der Waals surface area (Å²) < 4.78 is 37.4. The van der Waals surface area contributed by atoms with Crippen LogP contribution in [-0.2, 0) is 11.0 Å². The van der Waals surface area contributed by atoms with Crippen LogP contribution < -0.4 is 10.2 Å². The fraction of sp³-hybridized carbons (Fsp3) is 0.357. The van der Waals surface area contributed by atoms with Crippen LogP contribution in [0.15, 0.2) is 36.9 Å². The predicted octanol–water partition coefficient (Wildman–Crippen LogP) is 2.59. The van der Waals surface area contributed by atoms with Crippen molar-refractivity contribution in [3.63, 3.8) is 0 Å². The molecule has 2 rings (SSSR count). The lowest BCUT2D eigenvalue weighted by Gasteiger charge is -2.19. The van der Waals surface area contributed by atoms with Gasteiger partial charge in [-0.15, -0.1) is 0 Å². The maximum absolute atomic E-state index is 12.5. The highest BCUT2D eigenvalue weighted by molar-refractivity contribution is 5.87. The molecule has 3 nitrogen and oxygen atoms in total. The Kier molecular flexibility index (Phi) is 4.01. The normalized spacial score (nSPS) is 18.9. The smallest absolute Gasteiger partial charge is 0.369 e. The Bertz CT molecular complexity index is 496. The van der Waals surface area contributed by atoms with Crippen molar-refractivity contribution in [3.8, 4) is 0 Å².